The van der Waals surface area contributed by atoms with E-state index in [1.807, 2.05) is 24.4 Å². The highest BCUT2D eigenvalue weighted by Gasteiger charge is 2.30. The highest BCUT2D eigenvalue weighted by atomic mass is 32.2. The molecule has 0 spiro atoms. The van der Waals surface area contributed by atoms with Crippen LogP contribution in [0.2, 0.25) is 0 Å². The molecule has 0 bridgehead atoms. The van der Waals surface area contributed by atoms with Gasteiger partial charge in [-0.15, -0.1) is 16.4 Å². The Hall–Kier alpha value is -2.52. The minimum absolute atomic E-state index is 0.0321. The van der Waals surface area contributed by atoms with Gasteiger partial charge in [0.2, 0.25) is 11.8 Å². The van der Waals surface area contributed by atoms with Crippen LogP contribution in [0.3, 0.4) is 0 Å². The third kappa shape index (κ3) is 4.77. The van der Waals surface area contributed by atoms with Crippen LogP contribution in [0.5, 0.6) is 0 Å². The molecule has 0 saturated carbocycles. The van der Waals surface area contributed by atoms with Gasteiger partial charge < -0.3 is 10.6 Å². The molecule has 26 heavy (non-hydrogen) atoms. The molecule has 2 aromatic rings. The maximum absolute atomic E-state index is 12.9. The average molecular weight is 390 g/mol. The molecular formula is C17H15FN4O2S2. The number of rotatable bonds is 4. The van der Waals surface area contributed by atoms with E-state index < -0.39 is 5.25 Å². The van der Waals surface area contributed by atoms with Gasteiger partial charge in [0.25, 0.3) is 0 Å². The Bertz CT molecular complexity index is 863. The van der Waals surface area contributed by atoms with Crippen molar-refractivity contribution in [3.05, 3.63) is 52.5 Å². The molecule has 0 radical (unpaired) electrons. The maximum atomic E-state index is 12.9. The lowest BCUT2D eigenvalue weighted by Gasteiger charge is -2.21. The maximum Gasteiger partial charge on any atom is 0.238 e. The van der Waals surface area contributed by atoms with Gasteiger partial charge >= 0.3 is 0 Å². The molecule has 2 heterocycles. The first-order valence-electron chi connectivity index (χ1n) is 7.70. The Labute approximate surface area is 157 Å². The molecule has 1 aromatic carbocycles. The molecule has 1 unspecified atom stereocenters. The second-order valence-corrected chi connectivity index (χ2v) is 7.56. The summed E-state index contributed by atoms with van der Waals surface area (Å²) in [5.74, 6) is -1.03. The van der Waals surface area contributed by atoms with Crippen LogP contribution in [0.15, 0.2) is 52.0 Å². The third-order valence-electron chi connectivity index (χ3n) is 3.44. The number of benzene rings is 1. The second-order valence-electron chi connectivity index (χ2n) is 5.42. The summed E-state index contributed by atoms with van der Waals surface area (Å²) in [7, 11) is 0. The molecule has 1 fully saturated rings. The molecule has 1 atom stereocenters. The Morgan fingerprint density at radius 3 is 2.77 bits per heavy atom. The van der Waals surface area contributed by atoms with Crippen molar-refractivity contribution < 1.29 is 14.0 Å². The normalized spacial score (nSPS) is 19.3. The zero-order chi connectivity index (χ0) is 18.5. The van der Waals surface area contributed by atoms with Gasteiger partial charge in [-0.1, -0.05) is 17.8 Å². The van der Waals surface area contributed by atoms with Gasteiger partial charge in [0.05, 0.1) is 10.6 Å². The minimum atomic E-state index is -0.634. The smallest absolute Gasteiger partial charge is 0.238 e. The molecule has 2 N–H and O–H groups in total. The summed E-state index contributed by atoms with van der Waals surface area (Å²) in [6, 6.07) is 9.28. The van der Waals surface area contributed by atoms with Gasteiger partial charge in [-0.3, -0.25) is 9.59 Å². The standard InChI is InChI=1S/C17H15FN4O2S2/c1-10(13-3-2-8-25-13)21-22-17-20-15(23)9-14(26-17)16(24)19-12-6-4-11(18)5-7-12/h2-8,14H,9H2,1H3,(H,19,24)(H,20,22,23). The summed E-state index contributed by atoms with van der Waals surface area (Å²) in [5.41, 5.74) is 1.19. The van der Waals surface area contributed by atoms with Crippen LogP contribution in [0.1, 0.15) is 18.2 Å². The number of nitrogens with zero attached hydrogens (tertiary/aromatic N) is 2. The van der Waals surface area contributed by atoms with E-state index in [-0.39, 0.29) is 29.2 Å². The van der Waals surface area contributed by atoms with Gasteiger partial charge in [0.1, 0.15) is 11.1 Å². The summed E-state index contributed by atoms with van der Waals surface area (Å²) in [4.78, 5) is 25.2. The highest BCUT2D eigenvalue weighted by Crippen LogP contribution is 2.23. The molecule has 134 valence electrons. The van der Waals surface area contributed by atoms with Crippen LogP contribution in [0.25, 0.3) is 0 Å². The monoisotopic (exact) mass is 390 g/mol. The molecule has 1 aliphatic heterocycles. The fourth-order valence-corrected chi connectivity index (χ4v) is 3.75. The lowest BCUT2D eigenvalue weighted by Crippen LogP contribution is -2.41. The lowest BCUT2D eigenvalue weighted by molar-refractivity contribution is -0.123. The molecule has 1 saturated heterocycles. The van der Waals surface area contributed by atoms with Gasteiger partial charge in [-0.25, -0.2) is 4.39 Å². The number of thiophene rings is 1. The largest absolute Gasteiger partial charge is 0.325 e. The van der Waals surface area contributed by atoms with Gasteiger partial charge in [0, 0.05) is 12.1 Å². The molecule has 3 rings (SSSR count). The summed E-state index contributed by atoms with van der Waals surface area (Å²) >= 11 is 2.67. The van der Waals surface area contributed by atoms with Crippen LogP contribution in [-0.2, 0) is 9.59 Å². The van der Waals surface area contributed by atoms with Gasteiger partial charge in [-0.2, -0.15) is 5.10 Å². The van der Waals surface area contributed by atoms with Crippen molar-refractivity contribution in [1.29, 1.82) is 0 Å². The van der Waals surface area contributed by atoms with Crippen molar-refractivity contribution in [2.24, 2.45) is 10.2 Å². The number of carbonyl (C=O) groups excluding carboxylic acids is 2. The van der Waals surface area contributed by atoms with E-state index in [0.717, 1.165) is 22.4 Å². The number of anilines is 1. The summed E-state index contributed by atoms with van der Waals surface area (Å²) < 4.78 is 12.9. The van der Waals surface area contributed by atoms with E-state index in [4.69, 9.17) is 0 Å². The van der Waals surface area contributed by atoms with E-state index in [2.05, 4.69) is 20.8 Å². The van der Waals surface area contributed by atoms with Crippen LogP contribution >= 0.6 is 23.1 Å². The van der Waals surface area contributed by atoms with E-state index in [0.29, 0.717) is 5.69 Å². The summed E-state index contributed by atoms with van der Waals surface area (Å²) in [6.45, 7) is 1.82. The highest BCUT2D eigenvalue weighted by molar-refractivity contribution is 8.15. The van der Waals surface area contributed by atoms with Crippen molar-refractivity contribution in [3.8, 4) is 0 Å². The molecule has 0 aliphatic carbocycles. The predicted octanol–water partition coefficient (Wildman–Crippen LogP) is 3.23. The first-order chi connectivity index (χ1) is 12.5. The molecule has 1 aromatic heterocycles. The van der Waals surface area contributed by atoms with Crippen molar-refractivity contribution in [3.63, 3.8) is 0 Å². The van der Waals surface area contributed by atoms with Crippen LogP contribution in [-0.4, -0.2) is 27.9 Å². The Kier molecular flexibility index (Phi) is 5.79. The molecule has 2 amide bonds. The number of hydrogen-bond acceptors (Lipinski definition) is 6. The number of amides is 2. The number of thioether (sulfide) groups is 1. The summed E-state index contributed by atoms with van der Waals surface area (Å²) in [5, 5.41) is 15.0. The fourth-order valence-electron chi connectivity index (χ4n) is 2.15. The van der Waals surface area contributed by atoms with Crippen LogP contribution < -0.4 is 10.6 Å². The minimum Gasteiger partial charge on any atom is -0.325 e. The molecule has 1 aliphatic rings. The van der Waals surface area contributed by atoms with Crippen molar-refractivity contribution in [2.45, 2.75) is 18.6 Å². The van der Waals surface area contributed by atoms with E-state index >= 15 is 0 Å². The van der Waals surface area contributed by atoms with Crippen molar-refractivity contribution in [1.82, 2.24) is 5.32 Å². The zero-order valence-electron chi connectivity index (χ0n) is 13.7. The van der Waals surface area contributed by atoms with Gasteiger partial charge in [-0.05, 0) is 42.6 Å². The van der Waals surface area contributed by atoms with Crippen molar-refractivity contribution in [2.75, 3.05) is 5.32 Å². The Morgan fingerprint density at radius 2 is 2.08 bits per heavy atom. The Balaban J connectivity index is 1.68. The number of hydrogen-bond donors (Lipinski definition) is 2. The summed E-state index contributed by atoms with van der Waals surface area (Å²) in [6.07, 6.45) is 0.0321. The van der Waals surface area contributed by atoms with Gasteiger partial charge in [0.15, 0.2) is 5.17 Å². The average Bonchev–Trinajstić information content (AvgIpc) is 3.16. The number of halogens is 1. The number of amidine groups is 1. The molecular weight excluding hydrogens is 375 g/mol. The number of nitrogens with one attached hydrogen (secondary N) is 2. The van der Waals surface area contributed by atoms with E-state index in [1.54, 1.807) is 11.3 Å². The fraction of sp³-hybridized carbons (Fsp3) is 0.176. The van der Waals surface area contributed by atoms with E-state index in [9.17, 15) is 14.0 Å². The number of carbonyl (C=O) groups is 2. The van der Waals surface area contributed by atoms with Crippen LogP contribution in [0.4, 0.5) is 10.1 Å². The predicted molar refractivity (Wildman–Crippen MR) is 103 cm³/mol. The lowest BCUT2D eigenvalue weighted by atomic mass is 10.2. The second kappa shape index (κ2) is 8.24. The Morgan fingerprint density at radius 1 is 1.31 bits per heavy atom. The topological polar surface area (TPSA) is 82.9 Å². The van der Waals surface area contributed by atoms with Crippen molar-refractivity contribution >= 4 is 51.5 Å². The first kappa shape index (κ1) is 18.3. The molecule has 6 nitrogen and oxygen atoms in total. The van der Waals surface area contributed by atoms with Crippen LogP contribution in [0, 0.1) is 5.82 Å². The molecule has 9 heteroatoms. The zero-order valence-corrected chi connectivity index (χ0v) is 15.4. The quantitative estimate of drug-likeness (QED) is 0.621. The third-order valence-corrected chi connectivity index (χ3v) is 5.49. The SMILES string of the molecule is CC(=N/N=C1\NC(=O)CC(C(=O)Nc2ccc(F)cc2)S1)c1cccs1. The first-order valence-corrected chi connectivity index (χ1v) is 9.46. The van der Waals surface area contributed by atoms with E-state index in [1.165, 1.54) is 24.3 Å².